The number of carbonyl (C=O) groups is 1. The number of non-ortho nitro benzene ring substituents is 1. The average molecular weight is 455 g/mol. The Morgan fingerprint density at radius 3 is 2.65 bits per heavy atom. The van der Waals surface area contributed by atoms with Crippen LogP contribution in [0.15, 0.2) is 82.3 Å². The maximum Gasteiger partial charge on any atom is 0.271 e. The molecule has 0 atom stereocenters. The highest BCUT2D eigenvalue weighted by atomic mass is 16.6. The maximum atomic E-state index is 12.6. The molecule has 0 saturated heterocycles. The van der Waals surface area contributed by atoms with Gasteiger partial charge in [0, 0.05) is 23.1 Å². The number of nitrogens with zero attached hydrogens (tertiary/aromatic N) is 3. The molecule has 5 rings (SSSR count). The maximum absolute atomic E-state index is 12.6. The molecule has 0 unspecified atom stereocenters. The van der Waals surface area contributed by atoms with Crippen molar-refractivity contribution in [2.75, 3.05) is 7.11 Å². The summed E-state index contributed by atoms with van der Waals surface area (Å²) in [5.74, 6) is 0.464. The number of H-pyrrole nitrogens is 1. The quantitative estimate of drug-likeness (QED) is 0.302. The number of rotatable bonds is 5. The number of hydrogen-bond donors (Lipinski definition) is 2. The molecule has 3 aromatic carbocycles. The van der Waals surface area contributed by atoms with Crippen LogP contribution >= 0.6 is 0 Å². The smallest absolute Gasteiger partial charge is 0.271 e. The third-order valence-corrected chi connectivity index (χ3v) is 5.20. The summed E-state index contributed by atoms with van der Waals surface area (Å²) >= 11 is 0. The fourth-order valence-electron chi connectivity index (χ4n) is 3.52. The molecular formula is C24H17N5O5. The van der Waals surface area contributed by atoms with Gasteiger partial charge in [0.2, 0.25) is 5.55 Å². The lowest BCUT2D eigenvalue weighted by Gasteiger charge is -2.07. The molecule has 0 fully saturated rings. The van der Waals surface area contributed by atoms with Crippen LogP contribution < -0.4 is 15.7 Å². The number of carbonyl (C=O) groups excluding carboxylic acids is 1. The van der Waals surface area contributed by atoms with Crippen LogP contribution in [0.25, 0.3) is 33.4 Å². The highest BCUT2D eigenvalue weighted by molar-refractivity contribution is 5.94. The number of benzene rings is 3. The molecule has 2 aromatic heterocycles. The minimum atomic E-state index is -0.555. The van der Waals surface area contributed by atoms with E-state index in [4.69, 9.17) is 9.15 Å². The second kappa shape index (κ2) is 8.51. The van der Waals surface area contributed by atoms with Gasteiger partial charge in [-0.15, -0.1) is 5.10 Å². The van der Waals surface area contributed by atoms with Crippen molar-refractivity contribution < 1.29 is 18.9 Å². The van der Waals surface area contributed by atoms with Crippen molar-refractivity contribution in [1.29, 1.82) is 0 Å². The van der Waals surface area contributed by atoms with Crippen molar-refractivity contribution in [2.45, 2.75) is 0 Å². The Morgan fingerprint density at radius 1 is 1.12 bits per heavy atom. The number of nitro benzene ring substituents is 1. The van der Waals surface area contributed by atoms with Crippen molar-refractivity contribution in [3.8, 4) is 17.1 Å². The van der Waals surface area contributed by atoms with E-state index in [-0.39, 0.29) is 16.8 Å². The highest BCUT2D eigenvalue weighted by Gasteiger charge is 2.14. The summed E-state index contributed by atoms with van der Waals surface area (Å²) < 4.78 is 11.4. The van der Waals surface area contributed by atoms with Crippen LogP contribution in [0.4, 0.5) is 5.69 Å². The number of hydrogen-bond acceptors (Lipinski definition) is 7. The van der Waals surface area contributed by atoms with Crippen molar-refractivity contribution in [1.82, 2.24) is 15.4 Å². The van der Waals surface area contributed by atoms with Crippen molar-refractivity contribution in [3.05, 3.63) is 94.0 Å². The van der Waals surface area contributed by atoms with Gasteiger partial charge in [-0.25, -0.2) is 10.4 Å². The molecule has 0 aliphatic rings. The first-order chi connectivity index (χ1) is 16.5. The second-order valence-corrected chi connectivity index (χ2v) is 7.30. The van der Waals surface area contributed by atoms with E-state index in [1.807, 2.05) is 42.5 Å². The molecule has 0 radical (unpaired) electrons. The first kappa shape index (κ1) is 20.9. The minimum absolute atomic E-state index is 0.103. The third kappa shape index (κ3) is 3.84. The summed E-state index contributed by atoms with van der Waals surface area (Å²) in [7, 11) is 1.53. The van der Waals surface area contributed by atoms with Gasteiger partial charge in [-0.1, -0.05) is 24.3 Å². The van der Waals surface area contributed by atoms with Crippen molar-refractivity contribution in [2.24, 2.45) is 5.10 Å². The average Bonchev–Trinajstić information content (AvgIpc) is 3.30. The summed E-state index contributed by atoms with van der Waals surface area (Å²) in [6.45, 7) is 0. The number of ether oxygens (including phenoxy) is 1. The SMILES string of the molecule is COc1cccc2cc(-c3nc4ccccc4[nH]3)c(=NNC(=O)c3ccc([N+](=O)[O-])cc3)oc12. The molecule has 10 heteroatoms. The third-order valence-electron chi connectivity index (χ3n) is 5.20. The number of amides is 1. The van der Waals surface area contributed by atoms with Gasteiger partial charge in [0.15, 0.2) is 11.3 Å². The van der Waals surface area contributed by atoms with Crippen LogP contribution in [0.5, 0.6) is 5.75 Å². The van der Waals surface area contributed by atoms with Gasteiger partial charge in [-0.2, -0.15) is 0 Å². The van der Waals surface area contributed by atoms with E-state index < -0.39 is 10.8 Å². The van der Waals surface area contributed by atoms with E-state index in [0.29, 0.717) is 22.7 Å². The fourth-order valence-corrected chi connectivity index (χ4v) is 3.52. The van der Waals surface area contributed by atoms with Crippen LogP contribution in [0.1, 0.15) is 10.4 Å². The molecule has 34 heavy (non-hydrogen) atoms. The molecular weight excluding hydrogens is 438 g/mol. The zero-order valence-corrected chi connectivity index (χ0v) is 17.8. The summed E-state index contributed by atoms with van der Waals surface area (Å²) in [4.78, 5) is 30.8. The molecule has 1 amide bonds. The first-order valence-electron chi connectivity index (χ1n) is 10.2. The van der Waals surface area contributed by atoms with E-state index >= 15 is 0 Å². The highest BCUT2D eigenvalue weighted by Crippen LogP contribution is 2.27. The molecule has 0 spiro atoms. The normalized spacial score (nSPS) is 11.6. The summed E-state index contributed by atoms with van der Waals surface area (Å²) in [6.07, 6.45) is 0. The Morgan fingerprint density at radius 2 is 1.91 bits per heavy atom. The topological polar surface area (TPSA) is 136 Å². The number of aromatic amines is 1. The number of aromatic nitrogens is 2. The second-order valence-electron chi connectivity index (χ2n) is 7.30. The van der Waals surface area contributed by atoms with E-state index in [0.717, 1.165) is 16.4 Å². The summed E-state index contributed by atoms with van der Waals surface area (Å²) in [5.41, 5.74) is 5.23. The van der Waals surface area contributed by atoms with Gasteiger partial charge in [-0.3, -0.25) is 14.9 Å². The van der Waals surface area contributed by atoms with Gasteiger partial charge in [0.05, 0.1) is 28.6 Å². The number of methoxy groups -OCH3 is 1. The van der Waals surface area contributed by atoms with E-state index in [2.05, 4.69) is 20.5 Å². The number of imidazole rings is 1. The summed E-state index contributed by atoms with van der Waals surface area (Å²) in [6, 6.07) is 20.1. The van der Waals surface area contributed by atoms with Crippen LogP contribution in [0.2, 0.25) is 0 Å². The number of nitrogens with one attached hydrogen (secondary N) is 2. The largest absolute Gasteiger partial charge is 0.493 e. The molecule has 2 heterocycles. The van der Waals surface area contributed by atoms with Crippen LogP contribution in [0, 0.1) is 10.1 Å². The zero-order valence-electron chi connectivity index (χ0n) is 17.8. The minimum Gasteiger partial charge on any atom is -0.493 e. The first-order valence-corrected chi connectivity index (χ1v) is 10.2. The van der Waals surface area contributed by atoms with Gasteiger partial charge in [0.25, 0.3) is 11.6 Å². The Kier molecular flexibility index (Phi) is 5.23. The molecule has 168 valence electrons. The lowest BCUT2D eigenvalue weighted by molar-refractivity contribution is -0.384. The van der Waals surface area contributed by atoms with Crippen LogP contribution in [-0.2, 0) is 0 Å². The molecule has 0 saturated carbocycles. The fraction of sp³-hybridized carbons (Fsp3) is 0.0417. The van der Waals surface area contributed by atoms with Gasteiger partial charge < -0.3 is 14.1 Å². The van der Waals surface area contributed by atoms with Crippen molar-refractivity contribution in [3.63, 3.8) is 0 Å². The van der Waals surface area contributed by atoms with Crippen LogP contribution in [0.3, 0.4) is 0 Å². The van der Waals surface area contributed by atoms with Gasteiger partial charge in [-0.05, 0) is 36.4 Å². The number of fused-ring (bicyclic) bond motifs is 2. The van der Waals surface area contributed by atoms with E-state index in [1.54, 1.807) is 6.07 Å². The molecule has 0 aliphatic carbocycles. The molecule has 0 bridgehead atoms. The van der Waals surface area contributed by atoms with E-state index in [9.17, 15) is 14.9 Å². The Hall–Kier alpha value is -4.99. The number of nitro groups is 1. The molecule has 0 aliphatic heterocycles. The standard InChI is InChI=1S/C24H17N5O5/c1-33-20-8-4-5-15-13-17(22-25-18-6-2-3-7-19(18)26-22)24(34-21(15)20)28-27-23(30)14-9-11-16(12-10-14)29(31)32/h2-13H,1H3,(H,25,26)(H,27,30). The predicted molar refractivity (Wildman–Crippen MR) is 124 cm³/mol. The lowest BCUT2D eigenvalue weighted by Crippen LogP contribution is -2.22. The summed E-state index contributed by atoms with van der Waals surface area (Å²) in [5, 5.41) is 15.8. The Labute approximate surface area is 191 Å². The molecule has 5 aromatic rings. The van der Waals surface area contributed by atoms with Gasteiger partial charge in [0.1, 0.15) is 5.82 Å². The van der Waals surface area contributed by atoms with Crippen molar-refractivity contribution >= 4 is 33.6 Å². The lowest BCUT2D eigenvalue weighted by atomic mass is 10.1. The molecule has 10 nitrogen and oxygen atoms in total. The molecule has 2 N–H and O–H groups in total. The monoisotopic (exact) mass is 455 g/mol. The zero-order chi connectivity index (χ0) is 23.7. The predicted octanol–water partition coefficient (Wildman–Crippen LogP) is 4.14. The Balaban J connectivity index is 1.61. The van der Waals surface area contributed by atoms with E-state index in [1.165, 1.54) is 31.4 Å². The van der Waals surface area contributed by atoms with Crippen LogP contribution in [-0.4, -0.2) is 27.9 Å². The Bertz CT molecular complexity index is 1590. The number of para-hydroxylation sites is 3. The van der Waals surface area contributed by atoms with Gasteiger partial charge >= 0.3 is 0 Å².